The zero-order valence-electron chi connectivity index (χ0n) is 13.8. The van der Waals surface area contributed by atoms with Crippen molar-refractivity contribution in [3.63, 3.8) is 0 Å². The van der Waals surface area contributed by atoms with E-state index in [9.17, 15) is 33.2 Å². The molecule has 0 spiro atoms. The molecule has 0 atom stereocenters. The third-order valence-electron chi connectivity index (χ3n) is 3.34. The van der Waals surface area contributed by atoms with Crippen molar-refractivity contribution in [1.29, 1.82) is 0 Å². The molecular weight excluding hydrogens is 405 g/mol. The monoisotopic (exact) mass is 416 g/mol. The molecule has 0 bridgehead atoms. The standard InChI is InChI=1S/C16H12ClF3N4O4/c17-11-2-4-14(25)9(5-11)7-22-23-15(26)8-21-12-3-1-10(16(18,19)20)6-13(12)24(27)28/h1-7,21,25H,8H2,(H,23,26). The molecule has 2 rings (SSSR count). The van der Waals surface area contributed by atoms with Crippen molar-refractivity contribution < 1.29 is 28.0 Å². The van der Waals surface area contributed by atoms with Gasteiger partial charge in [-0.25, -0.2) is 5.43 Å². The third-order valence-corrected chi connectivity index (χ3v) is 3.58. The second-order valence-corrected chi connectivity index (χ2v) is 5.77. The summed E-state index contributed by atoms with van der Waals surface area (Å²) in [5, 5.41) is 26.9. The number of carbonyl (C=O) groups excluding carboxylic acids is 1. The van der Waals surface area contributed by atoms with E-state index in [1.807, 2.05) is 0 Å². The van der Waals surface area contributed by atoms with E-state index in [4.69, 9.17) is 11.6 Å². The Morgan fingerprint density at radius 2 is 2.00 bits per heavy atom. The van der Waals surface area contributed by atoms with Gasteiger partial charge in [0.05, 0.1) is 23.2 Å². The van der Waals surface area contributed by atoms with Crippen molar-refractivity contribution in [3.05, 3.63) is 62.7 Å². The number of phenolic OH excluding ortho intramolecular Hbond substituents is 1. The maximum absolute atomic E-state index is 12.7. The first kappa shape index (κ1) is 21.0. The zero-order chi connectivity index (χ0) is 20.9. The summed E-state index contributed by atoms with van der Waals surface area (Å²) < 4.78 is 38.0. The van der Waals surface area contributed by atoms with Crippen LogP contribution in [-0.2, 0) is 11.0 Å². The molecule has 0 aliphatic carbocycles. The van der Waals surface area contributed by atoms with Crippen LogP contribution in [0.1, 0.15) is 11.1 Å². The van der Waals surface area contributed by atoms with Crippen LogP contribution in [0.2, 0.25) is 5.02 Å². The van der Waals surface area contributed by atoms with Crippen LogP contribution >= 0.6 is 11.6 Å². The minimum absolute atomic E-state index is 0.124. The van der Waals surface area contributed by atoms with Crippen molar-refractivity contribution in [1.82, 2.24) is 5.43 Å². The lowest BCUT2D eigenvalue weighted by Gasteiger charge is -2.10. The van der Waals surface area contributed by atoms with Crippen LogP contribution in [-0.4, -0.2) is 28.7 Å². The lowest BCUT2D eigenvalue weighted by molar-refractivity contribution is -0.384. The minimum atomic E-state index is -4.73. The van der Waals surface area contributed by atoms with Gasteiger partial charge in [0, 0.05) is 16.7 Å². The number of carbonyl (C=O) groups is 1. The highest BCUT2D eigenvalue weighted by Gasteiger charge is 2.33. The van der Waals surface area contributed by atoms with Crippen molar-refractivity contribution >= 4 is 35.1 Å². The molecule has 0 saturated heterocycles. The highest BCUT2D eigenvalue weighted by Crippen LogP contribution is 2.34. The molecule has 0 radical (unpaired) electrons. The van der Waals surface area contributed by atoms with Crippen molar-refractivity contribution in [2.45, 2.75) is 6.18 Å². The molecule has 2 aromatic carbocycles. The number of benzene rings is 2. The summed E-state index contributed by atoms with van der Waals surface area (Å²) in [4.78, 5) is 21.7. The molecule has 28 heavy (non-hydrogen) atoms. The number of anilines is 1. The van der Waals surface area contributed by atoms with E-state index in [1.54, 1.807) is 0 Å². The van der Waals surface area contributed by atoms with Gasteiger partial charge in [-0.05, 0) is 30.3 Å². The van der Waals surface area contributed by atoms with E-state index in [1.165, 1.54) is 18.2 Å². The van der Waals surface area contributed by atoms with Gasteiger partial charge in [0.2, 0.25) is 0 Å². The summed E-state index contributed by atoms with van der Waals surface area (Å²) in [7, 11) is 0. The number of phenols is 1. The quantitative estimate of drug-likeness (QED) is 0.378. The Balaban J connectivity index is 2.01. The Labute approximate surface area is 160 Å². The van der Waals surface area contributed by atoms with E-state index in [2.05, 4.69) is 15.8 Å². The Morgan fingerprint density at radius 1 is 1.29 bits per heavy atom. The Bertz CT molecular complexity index is 935. The van der Waals surface area contributed by atoms with Crippen LogP contribution in [0.25, 0.3) is 0 Å². The van der Waals surface area contributed by atoms with Gasteiger partial charge in [-0.3, -0.25) is 14.9 Å². The Morgan fingerprint density at radius 3 is 2.64 bits per heavy atom. The molecule has 0 saturated carbocycles. The Hall–Kier alpha value is -3.34. The van der Waals surface area contributed by atoms with Crippen molar-refractivity contribution in [2.24, 2.45) is 5.10 Å². The minimum Gasteiger partial charge on any atom is -0.507 e. The zero-order valence-corrected chi connectivity index (χ0v) is 14.6. The summed E-state index contributed by atoms with van der Waals surface area (Å²) in [6.45, 7) is -0.495. The summed E-state index contributed by atoms with van der Waals surface area (Å²) in [5.41, 5.74) is 0.0675. The van der Waals surface area contributed by atoms with E-state index >= 15 is 0 Å². The number of rotatable bonds is 6. The van der Waals surface area contributed by atoms with Crippen LogP contribution in [0.15, 0.2) is 41.5 Å². The molecule has 148 valence electrons. The van der Waals surface area contributed by atoms with Crippen molar-refractivity contribution in [2.75, 3.05) is 11.9 Å². The first-order valence-electron chi connectivity index (χ1n) is 7.48. The Kier molecular flexibility index (Phi) is 6.41. The second kappa shape index (κ2) is 8.57. The van der Waals surface area contributed by atoms with E-state index in [0.717, 1.165) is 12.3 Å². The number of hydrazone groups is 1. The van der Waals surface area contributed by atoms with Gasteiger partial charge in [0.25, 0.3) is 11.6 Å². The van der Waals surface area contributed by atoms with Gasteiger partial charge in [-0.1, -0.05) is 11.6 Å². The van der Waals surface area contributed by atoms with E-state index < -0.39 is 34.8 Å². The number of nitrogens with zero attached hydrogens (tertiary/aromatic N) is 2. The van der Waals surface area contributed by atoms with Gasteiger partial charge in [-0.15, -0.1) is 0 Å². The molecule has 12 heteroatoms. The number of hydrogen-bond donors (Lipinski definition) is 3. The molecule has 0 heterocycles. The summed E-state index contributed by atoms with van der Waals surface area (Å²) in [6, 6.07) is 6.08. The van der Waals surface area contributed by atoms with Gasteiger partial charge < -0.3 is 10.4 Å². The first-order chi connectivity index (χ1) is 13.1. The maximum Gasteiger partial charge on any atom is 0.416 e. The largest absolute Gasteiger partial charge is 0.507 e. The number of nitro benzene ring substituents is 1. The number of hydrogen-bond acceptors (Lipinski definition) is 6. The van der Waals surface area contributed by atoms with Gasteiger partial charge in [-0.2, -0.15) is 18.3 Å². The van der Waals surface area contributed by atoms with Crippen LogP contribution in [0.3, 0.4) is 0 Å². The summed E-state index contributed by atoms with van der Waals surface area (Å²) in [6.07, 6.45) is -3.61. The third kappa shape index (κ3) is 5.58. The predicted molar refractivity (Wildman–Crippen MR) is 95.4 cm³/mol. The topological polar surface area (TPSA) is 117 Å². The molecular formula is C16H12ClF3N4O4. The van der Waals surface area contributed by atoms with Gasteiger partial charge in [0.15, 0.2) is 0 Å². The molecule has 0 aliphatic heterocycles. The van der Waals surface area contributed by atoms with Crippen LogP contribution < -0.4 is 10.7 Å². The number of halogens is 4. The van der Waals surface area contributed by atoms with Gasteiger partial charge in [0.1, 0.15) is 11.4 Å². The predicted octanol–water partition coefficient (Wildman–Crippen LogP) is 3.53. The SMILES string of the molecule is O=C(CNc1ccc(C(F)(F)F)cc1[N+](=O)[O-])NN=Cc1cc(Cl)ccc1O. The second-order valence-electron chi connectivity index (χ2n) is 5.34. The van der Waals surface area contributed by atoms with Crippen LogP contribution in [0.5, 0.6) is 5.75 Å². The lowest BCUT2D eigenvalue weighted by atomic mass is 10.1. The van der Waals surface area contributed by atoms with E-state index in [-0.39, 0.29) is 17.0 Å². The fraction of sp³-hybridized carbons (Fsp3) is 0.125. The number of nitrogens with one attached hydrogen (secondary N) is 2. The average molecular weight is 417 g/mol. The fourth-order valence-corrected chi connectivity index (χ4v) is 2.21. The highest BCUT2D eigenvalue weighted by molar-refractivity contribution is 6.30. The first-order valence-corrected chi connectivity index (χ1v) is 7.85. The van der Waals surface area contributed by atoms with Crippen molar-refractivity contribution in [3.8, 4) is 5.75 Å². The molecule has 2 aromatic rings. The molecule has 0 aromatic heterocycles. The molecule has 0 fully saturated rings. The maximum atomic E-state index is 12.7. The average Bonchev–Trinajstić information content (AvgIpc) is 2.61. The highest BCUT2D eigenvalue weighted by atomic mass is 35.5. The van der Waals surface area contributed by atoms with Crippen LogP contribution in [0, 0.1) is 10.1 Å². The smallest absolute Gasteiger partial charge is 0.416 e. The number of nitro groups is 1. The molecule has 1 amide bonds. The van der Waals surface area contributed by atoms with Gasteiger partial charge >= 0.3 is 6.18 Å². The summed E-state index contributed by atoms with van der Waals surface area (Å²) >= 11 is 5.76. The number of amides is 1. The molecule has 0 unspecified atom stereocenters. The molecule has 8 nitrogen and oxygen atoms in total. The molecule has 3 N–H and O–H groups in total. The van der Waals surface area contributed by atoms with Crippen LogP contribution in [0.4, 0.5) is 24.5 Å². The number of aromatic hydroxyl groups is 1. The normalized spacial score (nSPS) is 11.4. The molecule has 0 aliphatic rings. The summed E-state index contributed by atoms with van der Waals surface area (Å²) in [5.74, 6) is -0.854. The number of alkyl halides is 3. The van der Waals surface area contributed by atoms with E-state index in [0.29, 0.717) is 17.2 Å². The fourth-order valence-electron chi connectivity index (χ4n) is 2.03. The lowest BCUT2D eigenvalue weighted by Crippen LogP contribution is -2.26.